The number of aliphatic hydroxyl groups excluding tert-OH is 1. The van der Waals surface area contributed by atoms with Gasteiger partial charge in [0, 0.05) is 38.8 Å². The van der Waals surface area contributed by atoms with E-state index in [4.69, 9.17) is 10.2 Å². The summed E-state index contributed by atoms with van der Waals surface area (Å²) >= 11 is 0. The van der Waals surface area contributed by atoms with E-state index in [1.54, 1.807) is 4.57 Å². The van der Waals surface area contributed by atoms with Crippen molar-refractivity contribution < 1.29 is 24.1 Å². The molecule has 150 valence electrons. The Balaban J connectivity index is 1.74. The number of nitrogens with zero attached hydrogens (tertiary/aromatic N) is 4. The lowest BCUT2D eigenvalue weighted by atomic mass is 10.2. The summed E-state index contributed by atoms with van der Waals surface area (Å²) in [5.74, 6) is -0.801. The number of halogens is 1. The van der Waals surface area contributed by atoms with Crippen molar-refractivity contribution in [3.8, 4) is 5.75 Å². The molecule has 3 heterocycles. The van der Waals surface area contributed by atoms with Crippen LogP contribution in [0, 0.1) is 5.82 Å². The Labute approximate surface area is 159 Å². The van der Waals surface area contributed by atoms with Crippen LogP contribution < -0.4 is 15.1 Å². The summed E-state index contributed by atoms with van der Waals surface area (Å²) in [6.45, 7) is 3.14. The lowest BCUT2D eigenvalue weighted by molar-refractivity contribution is 0.143. The van der Waals surface area contributed by atoms with Crippen LogP contribution in [0.5, 0.6) is 5.75 Å². The van der Waals surface area contributed by atoms with Crippen molar-refractivity contribution in [2.75, 3.05) is 44.2 Å². The summed E-state index contributed by atoms with van der Waals surface area (Å²) < 4.78 is 21.1. The highest BCUT2D eigenvalue weighted by molar-refractivity contribution is 5.80. The van der Waals surface area contributed by atoms with Gasteiger partial charge in [-0.2, -0.15) is 0 Å². The van der Waals surface area contributed by atoms with E-state index in [0.29, 0.717) is 38.4 Å². The number of ether oxygens (including phenoxy) is 1. The Bertz CT molecular complexity index is 967. The summed E-state index contributed by atoms with van der Waals surface area (Å²) in [5.41, 5.74) is -0.362. The van der Waals surface area contributed by atoms with Gasteiger partial charge in [0.05, 0.1) is 18.2 Å². The fraction of sp³-hybridized carbons (Fsp3) is 0.500. The van der Waals surface area contributed by atoms with Crippen LogP contribution in [0.1, 0.15) is 18.9 Å². The average Bonchev–Trinajstić information content (AvgIpc) is 3.50. The van der Waals surface area contributed by atoms with E-state index in [2.05, 4.69) is 14.6 Å². The first kappa shape index (κ1) is 18.6. The van der Waals surface area contributed by atoms with Crippen molar-refractivity contribution in [1.29, 1.82) is 0 Å². The fourth-order valence-electron chi connectivity index (χ4n) is 3.56. The Kier molecular flexibility index (Phi) is 4.90. The van der Waals surface area contributed by atoms with Gasteiger partial charge in [0.15, 0.2) is 17.4 Å². The van der Waals surface area contributed by atoms with Gasteiger partial charge in [0.1, 0.15) is 5.65 Å². The summed E-state index contributed by atoms with van der Waals surface area (Å²) in [7, 11) is 0. The number of hydrogen-bond donors (Lipinski definition) is 2. The molecule has 1 aliphatic carbocycles. The molecule has 2 fully saturated rings. The maximum Gasteiger partial charge on any atom is 0.511 e. The molecule has 9 nitrogen and oxygen atoms in total. The second-order valence-electron chi connectivity index (χ2n) is 7.05. The quantitative estimate of drug-likeness (QED) is 0.727. The molecule has 2 N–H and O–H groups in total. The molecule has 1 aliphatic heterocycles. The summed E-state index contributed by atoms with van der Waals surface area (Å²) in [4.78, 5) is 31.8. The minimum Gasteiger partial charge on any atom is -0.449 e. The number of aliphatic hydroxyl groups is 1. The standard InChI is InChI=1S/C18H21FN4O5/c19-13-9-12-15(25)14(28-18(26)27)10-23(11-1-2-11)16(12)20-17(13)22-5-3-21(4-6-22)7-8-24/h9-11,24H,1-8H2,(H,26,27). The first-order chi connectivity index (χ1) is 13.5. The molecule has 0 aromatic carbocycles. The van der Waals surface area contributed by atoms with E-state index in [0.717, 1.165) is 18.9 Å². The third-order valence-corrected chi connectivity index (χ3v) is 5.13. The number of piperazine rings is 1. The van der Waals surface area contributed by atoms with E-state index in [1.165, 1.54) is 6.20 Å². The number of anilines is 1. The second-order valence-corrected chi connectivity index (χ2v) is 7.05. The van der Waals surface area contributed by atoms with Crippen molar-refractivity contribution in [2.45, 2.75) is 18.9 Å². The zero-order valence-corrected chi connectivity index (χ0v) is 15.2. The Morgan fingerprint density at radius 1 is 1.29 bits per heavy atom. The van der Waals surface area contributed by atoms with Gasteiger partial charge < -0.3 is 24.4 Å². The van der Waals surface area contributed by atoms with Gasteiger partial charge in [0.25, 0.3) is 0 Å². The van der Waals surface area contributed by atoms with Gasteiger partial charge in [-0.3, -0.25) is 9.69 Å². The van der Waals surface area contributed by atoms with Crippen LogP contribution in [-0.4, -0.2) is 70.2 Å². The van der Waals surface area contributed by atoms with Crippen molar-refractivity contribution in [3.05, 3.63) is 28.3 Å². The Hall–Kier alpha value is -2.72. The van der Waals surface area contributed by atoms with E-state index < -0.39 is 17.4 Å². The average molecular weight is 392 g/mol. The number of rotatable bonds is 5. The zero-order chi connectivity index (χ0) is 19.8. The molecule has 0 bridgehead atoms. The van der Waals surface area contributed by atoms with E-state index in [9.17, 15) is 14.0 Å². The summed E-state index contributed by atoms with van der Waals surface area (Å²) in [6.07, 6.45) is 1.51. The SMILES string of the molecule is O=C(O)Oc1cn(C2CC2)c2nc(N3CCN(CCO)CC3)c(F)cc2c1=O. The summed E-state index contributed by atoms with van der Waals surface area (Å²) in [6, 6.07) is 1.21. The van der Waals surface area contributed by atoms with Crippen molar-refractivity contribution in [3.63, 3.8) is 0 Å². The van der Waals surface area contributed by atoms with Crippen LogP contribution in [0.15, 0.2) is 17.1 Å². The Morgan fingerprint density at radius 3 is 2.61 bits per heavy atom. The largest absolute Gasteiger partial charge is 0.511 e. The minimum absolute atomic E-state index is 0.00539. The van der Waals surface area contributed by atoms with Crippen molar-refractivity contribution in [2.24, 2.45) is 0 Å². The maximum absolute atomic E-state index is 14.8. The molecule has 0 spiro atoms. The van der Waals surface area contributed by atoms with Crippen LogP contribution in [0.3, 0.4) is 0 Å². The number of hydrogen-bond acceptors (Lipinski definition) is 7. The van der Waals surface area contributed by atoms with Gasteiger partial charge in [-0.05, 0) is 18.9 Å². The first-order valence-corrected chi connectivity index (χ1v) is 9.22. The number of β-amino-alcohol motifs (C(OH)–C–C–N with tert-alkyl or cyclic N) is 1. The summed E-state index contributed by atoms with van der Waals surface area (Å²) in [5, 5.41) is 17.9. The second kappa shape index (κ2) is 7.36. The molecule has 28 heavy (non-hydrogen) atoms. The number of aromatic nitrogens is 2. The molecule has 0 radical (unpaired) electrons. The number of carbonyl (C=O) groups is 1. The van der Waals surface area contributed by atoms with Gasteiger partial charge in [0.2, 0.25) is 5.43 Å². The molecule has 2 aromatic rings. The normalized spacial score (nSPS) is 17.9. The third-order valence-electron chi connectivity index (χ3n) is 5.13. The predicted molar refractivity (Wildman–Crippen MR) is 98.6 cm³/mol. The molecule has 2 aliphatic rings. The van der Waals surface area contributed by atoms with E-state index >= 15 is 0 Å². The minimum atomic E-state index is -1.59. The van der Waals surface area contributed by atoms with Crippen molar-refractivity contribution in [1.82, 2.24) is 14.5 Å². The van der Waals surface area contributed by atoms with Crippen LogP contribution in [0.4, 0.5) is 15.0 Å². The van der Waals surface area contributed by atoms with E-state index in [-0.39, 0.29) is 29.6 Å². The molecule has 0 unspecified atom stereocenters. The highest BCUT2D eigenvalue weighted by atomic mass is 19.1. The van der Waals surface area contributed by atoms with Gasteiger partial charge in [-0.1, -0.05) is 0 Å². The predicted octanol–water partition coefficient (Wildman–Crippen LogP) is 1.04. The molecule has 0 atom stereocenters. The van der Waals surface area contributed by atoms with E-state index in [1.807, 2.05) is 4.90 Å². The number of pyridine rings is 2. The molecular weight excluding hydrogens is 371 g/mol. The van der Waals surface area contributed by atoms with Crippen LogP contribution >= 0.6 is 0 Å². The lowest BCUT2D eigenvalue weighted by Crippen LogP contribution is -2.47. The van der Waals surface area contributed by atoms with Crippen LogP contribution in [0.25, 0.3) is 11.0 Å². The topological polar surface area (TPSA) is 108 Å². The van der Waals surface area contributed by atoms with Gasteiger partial charge >= 0.3 is 6.16 Å². The monoisotopic (exact) mass is 392 g/mol. The van der Waals surface area contributed by atoms with Crippen LogP contribution in [0.2, 0.25) is 0 Å². The zero-order valence-electron chi connectivity index (χ0n) is 15.2. The van der Waals surface area contributed by atoms with Crippen LogP contribution in [-0.2, 0) is 0 Å². The molecule has 1 saturated heterocycles. The molecule has 10 heteroatoms. The maximum atomic E-state index is 14.8. The number of fused-ring (bicyclic) bond motifs is 1. The molecule has 0 amide bonds. The van der Waals surface area contributed by atoms with Crippen molar-refractivity contribution >= 4 is 23.0 Å². The highest BCUT2D eigenvalue weighted by Gasteiger charge is 2.29. The molecule has 2 aromatic heterocycles. The Morgan fingerprint density at radius 2 is 2.00 bits per heavy atom. The molecule has 4 rings (SSSR count). The highest BCUT2D eigenvalue weighted by Crippen LogP contribution is 2.38. The van der Waals surface area contributed by atoms with Gasteiger partial charge in [-0.25, -0.2) is 14.2 Å². The molecular formula is C18H21FN4O5. The third kappa shape index (κ3) is 3.52. The number of carboxylic acid groups (broad SMARTS) is 1. The fourth-order valence-corrected chi connectivity index (χ4v) is 3.56. The smallest absolute Gasteiger partial charge is 0.449 e. The first-order valence-electron chi connectivity index (χ1n) is 9.22. The van der Waals surface area contributed by atoms with Gasteiger partial charge in [-0.15, -0.1) is 0 Å². The molecule has 1 saturated carbocycles. The lowest BCUT2D eigenvalue weighted by Gasteiger charge is -2.35.